The van der Waals surface area contributed by atoms with Crippen LogP contribution in [0.15, 0.2) is 22.8 Å². The van der Waals surface area contributed by atoms with Gasteiger partial charge in [-0.05, 0) is 34.8 Å². The molecule has 2 aromatic rings. The van der Waals surface area contributed by atoms with E-state index in [0.717, 1.165) is 18.9 Å². The fourth-order valence-corrected chi connectivity index (χ4v) is 3.21. The molecular weight excluding hydrogens is 417 g/mol. The Hall–Kier alpha value is -2.17. The molecule has 2 aromatic heterocycles. The van der Waals surface area contributed by atoms with E-state index in [1.165, 1.54) is 7.11 Å². The molecule has 0 unspecified atom stereocenters. The minimum atomic E-state index is -4.51. The van der Waals surface area contributed by atoms with Crippen LogP contribution in [0, 0.1) is 0 Å². The SMILES string of the molecule is COc1ccnc(NC2CCN(c3nnc(C(F)(F)F)cc3Br)CC2)n1. The Balaban J connectivity index is 1.61. The van der Waals surface area contributed by atoms with Crippen LogP contribution in [0.1, 0.15) is 18.5 Å². The molecule has 7 nitrogen and oxygen atoms in total. The predicted octanol–water partition coefficient (Wildman–Crippen LogP) is 3.14. The van der Waals surface area contributed by atoms with Gasteiger partial charge in [0.15, 0.2) is 11.5 Å². The molecule has 3 rings (SSSR count). The average molecular weight is 433 g/mol. The smallest absolute Gasteiger partial charge is 0.435 e. The third-order valence-electron chi connectivity index (χ3n) is 3.99. The second kappa shape index (κ2) is 7.60. The number of alkyl halides is 3. The molecule has 0 saturated carbocycles. The number of hydrogen-bond donors (Lipinski definition) is 1. The summed E-state index contributed by atoms with van der Waals surface area (Å²) in [5, 5.41) is 10.3. The van der Waals surface area contributed by atoms with Crippen molar-refractivity contribution in [3.63, 3.8) is 0 Å². The van der Waals surface area contributed by atoms with Crippen LogP contribution in [0.4, 0.5) is 24.9 Å². The van der Waals surface area contributed by atoms with Gasteiger partial charge in [-0.15, -0.1) is 10.2 Å². The summed E-state index contributed by atoms with van der Waals surface area (Å²) in [6.07, 6.45) is -1.38. The quantitative estimate of drug-likeness (QED) is 0.794. The van der Waals surface area contributed by atoms with Gasteiger partial charge >= 0.3 is 6.18 Å². The highest BCUT2D eigenvalue weighted by molar-refractivity contribution is 9.10. The number of halogens is 4. The summed E-state index contributed by atoms with van der Waals surface area (Å²) in [7, 11) is 1.54. The van der Waals surface area contributed by atoms with E-state index in [1.54, 1.807) is 12.3 Å². The van der Waals surface area contributed by atoms with Gasteiger partial charge in [0.2, 0.25) is 11.8 Å². The molecule has 0 atom stereocenters. The van der Waals surface area contributed by atoms with Gasteiger partial charge in [0, 0.05) is 31.4 Å². The van der Waals surface area contributed by atoms with Crippen LogP contribution in [0.5, 0.6) is 5.88 Å². The second-order valence-corrected chi connectivity index (χ2v) is 6.58. The molecule has 1 N–H and O–H groups in total. The Labute approximate surface area is 156 Å². The van der Waals surface area contributed by atoms with Crippen molar-refractivity contribution in [3.05, 3.63) is 28.5 Å². The highest BCUT2D eigenvalue weighted by atomic mass is 79.9. The van der Waals surface area contributed by atoms with Crippen molar-refractivity contribution < 1.29 is 17.9 Å². The molecule has 0 spiro atoms. The third-order valence-corrected chi connectivity index (χ3v) is 4.57. The van der Waals surface area contributed by atoms with Crippen LogP contribution in [0.2, 0.25) is 0 Å². The third kappa shape index (κ3) is 4.32. The number of hydrogen-bond acceptors (Lipinski definition) is 7. The van der Waals surface area contributed by atoms with Gasteiger partial charge in [-0.1, -0.05) is 0 Å². The zero-order chi connectivity index (χ0) is 18.7. The fraction of sp³-hybridized carbons (Fsp3) is 0.467. The number of methoxy groups -OCH3 is 1. The Morgan fingerprint density at radius 1 is 1.27 bits per heavy atom. The van der Waals surface area contributed by atoms with Gasteiger partial charge in [-0.3, -0.25) is 0 Å². The van der Waals surface area contributed by atoms with Crippen LogP contribution in [0.25, 0.3) is 0 Å². The number of aromatic nitrogens is 4. The van der Waals surface area contributed by atoms with Crippen LogP contribution in [-0.2, 0) is 6.18 Å². The van der Waals surface area contributed by atoms with Crippen LogP contribution >= 0.6 is 15.9 Å². The summed E-state index contributed by atoms with van der Waals surface area (Å²) in [6.45, 7) is 1.25. The first-order valence-corrected chi connectivity index (χ1v) is 8.65. The molecule has 0 radical (unpaired) electrons. The predicted molar refractivity (Wildman–Crippen MR) is 92.2 cm³/mol. The summed E-state index contributed by atoms with van der Waals surface area (Å²) in [6, 6.07) is 2.77. The van der Waals surface area contributed by atoms with Gasteiger partial charge in [0.25, 0.3) is 0 Å². The molecule has 26 heavy (non-hydrogen) atoms. The van der Waals surface area contributed by atoms with Crippen molar-refractivity contribution in [1.82, 2.24) is 20.2 Å². The molecule has 1 aliphatic rings. The first kappa shape index (κ1) is 18.6. The minimum absolute atomic E-state index is 0.152. The fourth-order valence-electron chi connectivity index (χ4n) is 2.66. The lowest BCUT2D eigenvalue weighted by atomic mass is 10.1. The Morgan fingerprint density at radius 3 is 2.62 bits per heavy atom. The molecule has 11 heteroatoms. The van der Waals surface area contributed by atoms with Crippen molar-refractivity contribution in [1.29, 1.82) is 0 Å². The van der Waals surface area contributed by atoms with E-state index in [2.05, 4.69) is 41.4 Å². The second-order valence-electron chi connectivity index (χ2n) is 5.73. The van der Waals surface area contributed by atoms with Crippen molar-refractivity contribution in [2.24, 2.45) is 0 Å². The maximum atomic E-state index is 12.7. The number of ether oxygens (including phenoxy) is 1. The van der Waals surface area contributed by atoms with Gasteiger partial charge in [0.05, 0.1) is 11.6 Å². The van der Waals surface area contributed by atoms with E-state index in [-0.39, 0.29) is 10.5 Å². The topological polar surface area (TPSA) is 76.1 Å². The molecular formula is C15H16BrF3N6O. The monoisotopic (exact) mass is 432 g/mol. The van der Waals surface area contributed by atoms with E-state index in [0.29, 0.717) is 30.7 Å². The molecule has 3 heterocycles. The van der Waals surface area contributed by atoms with E-state index < -0.39 is 11.9 Å². The number of nitrogens with one attached hydrogen (secondary N) is 1. The maximum absolute atomic E-state index is 12.7. The summed E-state index contributed by atoms with van der Waals surface area (Å²) >= 11 is 3.17. The van der Waals surface area contributed by atoms with E-state index in [4.69, 9.17) is 4.74 Å². The standard InChI is InChI=1S/C15H16BrF3N6O/c1-26-12-2-5-20-14(22-12)21-9-3-6-25(7-4-9)13-10(16)8-11(23-24-13)15(17,18)19/h2,5,8-9H,3-4,6-7H2,1H3,(H,20,21,22). The molecule has 0 aromatic carbocycles. The molecule has 1 saturated heterocycles. The van der Waals surface area contributed by atoms with Crippen LogP contribution in [0.3, 0.4) is 0 Å². The molecule has 0 bridgehead atoms. The first-order valence-electron chi connectivity index (χ1n) is 7.86. The summed E-state index contributed by atoms with van der Waals surface area (Å²) in [4.78, 5) is 10.3. The van der Waals surface area contributed by atoms with Crippen molar-refractivity contribution >= 4 is 27.7 Å². The van der Waals surface area contributed by atoms with E-state index in [9.17, 15) is 13.2 Å². The lowest BCUT2D eigenvalue weighted by Crippen LogP contribution is -2.40. The van der Waals surface area contributed by atoms with E-state index in [1.807, 2.05) is 4.90 Å². The number of anilines is 2. The normalized spacial score (nSPS) is 15.8. The van der Waals surface area contributed by atoms with Crippen LogP contribution in [-0.4, -0.2) is 46.4 Å². The van der Waals surface area contributed by atoms with Crippen molar-refractivity contribution in [3.8, 4) is 5.88 Å². The minimum Gasteiger partial charge on any atom is -0.481 e. The van der Waals surface area contributed by atoms with Gasteiger partial charge in [0.1, 0.15) is 0 Å². The summed E-state index contributed by atoms with van der Waals surface area (Å²) in [5.41, 5.74) is -1.01. The van der Waals surface area contributed by atoms with Gasteiger partial charge in [-0.2, -0.15) is 18.2 Å². The largest absolute Gasteiger partial charge is 0.481 e. The lowest BCUT2D eigenvalue weighted by Gasteiger charge is -2.33. The molecule has 0 aliphatic carbocycles. The van der Waals surface area contributed by atoms with Crippen molar-refractivity contribution in [2.45, 2.75) is 25.1 Å². The summed E-state index contributed by atoms with van der Waals surface area (Å²) < 4.78 is 43.4. The molecule has 1 aliphatic heterocycles. The zero-order valence-corrected chi connectivity index (χ0v) is 15.4. The lowest BCUT2D eigenvalue weighted by molar-refractivity contribution is -0.141. The highest BCUT2D eigenvalue weighted by Crippen LogP contribution is 2.33. The van der Waals surface area contributed by atoms with Crippen molar-refractivity contribution in [2.75, 3.05) is 30.4 Å². The summed E-state index contributed by atoms with van der Waals surface area (Å²) in [5.74, 6) is 1.37. The first-order chi connectivity index (χ1) is 12.4. The van der Waals surface area contributed by atoms with E-state index >= 15 is 0 Å². The Kier molecular flexibility index (Phi) is 5.44. The number of piperidine rings is 1. The maximum Gasteiger partial charge on any atom is 0.435 e. The Bertz CT molecular complexity index is 767. The average Bonchev–Trinajstić information content (AvgIpc) is 2.62. The van der Waals surface area contributed by atoms with Gasteiger partial charge in [-0.25, -0.2) is 4.98 Å². The Morgan fingerprint density at radius 2 is 2.00 bits per heavy atom. The van der Waals surface area contributed by atoms with Crippen LogP contribution < -0.4 is 15.0 Å². The van der Waals surface area contributed by atoms with Gasteiger partial charge < -0.3 is 15.0 Å². The molecule has 1 fully saturated rings. The highest BCUT2D eigenvalue weighted by Gasteiger charge is 2.34. The molecule has 140 valence electrons. The number of nitrogens with zero attached hydrogens (tertiary/aromatic N) is 5. The number of rotatable bonds is 4. The zero-order valence-electron chi connectivity index (χ0n) is 13.8. The molecule has 0 amide bonds.